The maximum atomic E-state index is 5.57. The molecule has 0 amide bonds. The number of aryl methyl sites for hydroxylation is 1. The number of unbranched alkanes of at least 4 members (excludes halogenated alkanes) is 1. The summed E-state index contributed by atoms with van der Waals surface area (Å²) in [4.78, 5) is 4.65. The van der Waals surface area contributed by atoms with Crippen molar-refractivity contribution >= 4 is 0 Å². The Morgan fingerprint density at radius 3 is 3.00 bits per heavy atom. The SMILES string of the molecule is Cc1nc2c(n1CCCCOC(C)C)CCNC2. The Labute approximate surface area is 110 Å². The van der Waals surface area contributed by atoms with Crippen LogP contribution in [0.4, 0.5) is 0 Å². The fraction of sp³-hybridized carbons (Fsp3) is 0.786. The van der Waals surface area contributed by atoms with Crippen LogP contribution in [0.2, 0.25) is 0 Å². The van der Waals surface area contributed by atoms with Gasteiger partial charge in [0.15, 0.2) is 0 Å². The molecule has 4 nitrogen and oxygen atoms in total. The van der Waals surface area contributed by atoms with E-state index in [2.05, 4.69) is 35.6 Å². The minimum Gasteiger partial charge on any atom is -0.379 e. The molecule has 4 heteroatoms. The van der Waals surface area contributed by atoms with Crippen LogP contribution >= 0.6 is 0 Å². The zero-order valence-electron chi connectivity index (χ0n) is 11.8. The lowest BCUT2D eigenvalue weighted by molar-refractivity contribution is 0.0754. The normalized spacial score (nSPS) is 15.1. The van der Waals surface area contributed by atoms with Crippen molar-refractivity contribution in [3.8, 4) is 0 Å². The molecular weight excluding hydrogens is 226 g/mol. The van der Waals surface area contributed by atoms with Crippen LogP contribution in [0.25, 0.3) is 0 Å². The van der Waals surface area contributed by atoms with Crippen LogP contribution in [-0.4, -0.2) is 28.8 Å². The molecule has 1 aliphatic heterocycles. The summed E-state index contributed by atoms with van der Waals surface area (Å²) in [6.45, 7) is 10.2. The Morgan fingerprint density at radius 2 is 2.22 bits per heavy atom. The molecule has 0 spiro atoms. The molecule has 2 rings (SSSR count). The number of imidazole rings is 1. The molecule has 1 N–H and O–H groups in total. The van der Waals surface area contributed by atoms with Gasteiger partial charge in [-0.2, -0.15) is 0 Å². The lowest BCUT2D eigenvalue weighted by atomic mass is 10.2. The van der Waals surface area contributed by atoms with Crippen molar-refractivity contribution < 1.29 is 4.74 Å². The summed E-state index contributed by atoms with van der Waals surface area (Å²) in [6.07, 6.45) is 3.75. The summed E-state index contributed by atoms with van der Waals surface area (Å²) in [6, 6.07) is 0. The van der Waals surface area contributed by atoms with E-state index in [4.69, 9.17) is 4.74 Å². The second-order valence-electron chi connectivity index (χ2n) is 5.26. The summed E-state index contributed by atoms with van der Waals surface area (Å²) in [5.74, 6) is 1.16. The number of ether oxygens (including phenoxy) is 1. The molecule has 18 heavy (non-hydrogen) atoms. The van der Waals surface area contributed by atoms with Crippen molar-refractivity contribution in [2.45, 2.75) is 59.2 Å². The lowest BCUT2D eigenvalue weighted by Gasteiger charge is -2.16. The van der Waals surface area contributed by atoms with Gasteiger partial charge in [0, 0.05) is 38.4 Å². The molecule has 0 aliphatic carbocycles. The number of nitrogens with one attached hydrogen (secondary N) is 1. The second kappa shape index (κ2) is 6.34. The first-order valence-corrected chi connectivity index (χ1v) is 7.05. The van der Waals surface area contributed by atoms with Gasteiger partial charge in [-0.15, -0.1) is 0 Å². The minimum absolute atomic E-state index is 0.346. The molecule has 0 fully saturated rings. The largest absolute Gasteiger partial charge is 0.379 e. The Balaban J connectivity index is 1.84. The minimum atomic E-state index is 0.346. The predicted octanol–water partition coefficient (Wildman–Crippen LogP) is 2.04. The van der Waals surface area contributed by atoms with E-state index < -0.39 is 0 Å². The van der Waals surface area contributed by atoms with E-state index in [0.717, 1.165) is 44.9 Å². The zero-order valence-corrected chi connectivity index (χ0v) is 11.8. The molecule has 0 atom stereocenters. The van der Waals surface area contributed by atoms with Crippen LogP contribution in [0.3, 0.4) is 0 Å². The number of fused-ring (bicyclic) bond motifs is 1. The van der Waals surface area contributed by atoms with E-state index in [1.54, 1.807) is 0 Å². The smallest absolute Gasteiger partial charge is 0.106 e. The van der Waals surface area contributed by atoms with Crippen molar-refractivity contribution in [2.75, 3.05) is 13.2 Å². The topological polar surface area (TPSA) is 39.1 Å². The van der Waals surface area contributed by atoms with Gasteiger partial charge in [-0.1, -0.05) is 0 Å². The number of aromatic nitrogens is 2. The van der Waals surface area contributed by atoms with Crippen molar-refractivity contribution in [1.29, 1.82) is 0 Å². The van der Waals surface area contributed by atoms with Crippen molar-refractivity contribution in [2.24, 2.45) is 0 Å². The van der Waals surface area contributed by atoms with Crippen LogP contribution < -0.4 is 5.32 Å². The number of rotatable bonds is 6. The third kappa shape index (κ3) is 3.33. The Bertz CT molecular complexity index is 385. The van der Waals surface area contributed by atoms with Gasteiger partial charge in [0.25, 0.3) is 0 Å². The fourth-order valence-corrected chi connectivity index (χ4v) is 2.49. The van der Waals surface area contributed by atoms with Crippen LogP contribution in [0.5, 0.6) is 0 Å². The van der Waals surface area contributed by atoms with E-state index in [9.17, 15) is 0 Å². The maximum absolute atomic E-state index is 5.57. The first kappa shape index (κ1) is 13.6. The van der Waals surface area contributed by atoms with Gasteiger partial charge in [0.1, 0.15) is 5.82 Å². The van der Waals surface area contributed by atoms with E-state index in [0.29, 0.717) is 6.10 Å². The first-order valence-electron chi connectivity index (χ1n) is 7.05. The molecule has 1 aliphatic rings. The molecule has 102 valence electrons. The first-order chi connectivity index (χ1) is 8.68. The average molecular weight is 251 g/mol. The third-order valence-electron chi connectivity index (χ3n) is 3.40. The predicted molar refractivity (Wildman–Crippen MR) is 72.7 cm³/mol. The molecule has 0 bridgehead atoms. The summed E-state index contributed by atoms with van der Waals surface area (Å²) in [7, 11) is 0. The number of hydrogen-bond acceptors (Lipinski definition) is 3. The highest BCUT2D eigenvalue weighted by Gasteiger charge is 2.16. The quantitative estimate of drug-likeness (QED) is 0.786. The van der Waals surface area contributed by atoms with Crippen LogP contribution in [0.1, 0.15) is 43.9 Å². The second-order valence-corrected chi connectivity index (χ2v) is 5.26. The highest BCUT2D eigenvalue weighted by Crippen LogP contribution is 2.16. The molecule has 0 saturated carbocycles. The Hall–Kier alpha value is -0.870. The molecule has 0 radical (unpaired) electrons. The van der Waals surface area contributed by atoms with Gasteiger partial charge >= 0.3 is 0 Å². The molecule has 0 aromatic carbocycles. The van der Waals surface area contributed by atoms with Crippen LogP contribution in [-0.2, 0) is 24.2 Å². The van der Waals surface area contributed by atoms with E-state index in [1.165, 1.54) is 17.8 Å². The van der Waals surface area contributed by atoms with Gasteiger partial charge in [-0.05, 0) is 33.6 Å². The van der Waals surface area contributed by atoms with Gasteiger partial charge in [-0.3, -0.25) is 0 Å². The van der Waals surface area contributed by atoms with Crippen LogP contribution in [0, 0.1) is 6.92 Å². The average Bonchev–Trinajstić information content (AvgIpc) is 2.65. The van der Waals surface area contributed by atoms with E-state index in [-0.39, 0.29) is 0 Å². The summed E-state index contributed by atoms with van der Waals surface area (Å²) >= 11 is 0. The molecular formula is C14H25N3O. The molecule has 1 aromatic heterocycles. The van der Waals surface area contributed by atoms with Crippen molar-refractivity contribution in [3.63, 3.8) is 0 Å². The number of hydrogen-bond donors (Lipinski definition) is 1. The van der Waals surface area contributed by atoms with Crippen LogP contribution in [0.15, 0.2) is 0 Å². The van der Waals surface area contributed by atoms with Crippen molar-refractivity contribution in [3.05, 3.63) is 17.2 Å². The van der Waals surface area contributed by atoms with Gasteiger partial charge in [0.2, 0.25) is 0 Å². The fourth-order valence-electron chi connectivity index (χ4n) is 2.49. The summed E-state index contributed by atoms with van der Waals surface area (Å²) in [5, 5.41) is 3.37. The molecule has 0 unspecified atom stereocenters. The third-order valence-corrected chi connectivity index (χ3v) is 3.40. The Morgan fingerprint density at radius 1 is 1.39 bits per heavy atom. The lowest BCUT2D eigenvalue weighted by Crippen LogP contribution is -2.25. The standard InChI is InChI=1S/C14H25N3O/c1-11(2)18-9-5-4-8-17-12(3)16-13-10-15-7-6-14(13)17/h11,15H,4-10H2,1-3H3. The van der Waals surface area contributed by atoms with Gasteiger partial charge in [0.05, 0.1) is 11.8 Å². The summed E-state index contributed by atoms with van der Waals surface area (Å²) in [5.41, 5.74) is 2.69. The highest BCUT2D eigenvalue weighted by atomic mass is 16.5. The molecule has 0 saturated heterocycles. The highest BCUT2D eigenvalue weighted by molar-refractivity contribution is 5.19. The zero-order chi connectivity index (χ0) is 13.0. The van der Waals surface area contributed by atoms with Gasteiger partial charge in [-0.25, -0.2) is 4.98 Å². The van der Waals surface area contributed by atoms with E-state index >= 15 is 0 Å². The molecule has 2 heterocycles. The Kier molecular flexibility index (Phi) is 4.78. The van der Waals surface area contributed by atoms with Crippen molar-refractivity contribution in [1.82, 2.24) is 14.9 Å². The van der Waals surface area contributed by atoms with Gasteiger partial charge < -0.3 is 14.6 Å². The monoisotopic (exact) mass is 251 g/mol. The summed E-state index contributed by atoms with van der Waals surface area (Å²) < 4.78 is 7.96. The number of nitrogens with zero attached hydrogens (tertiary/aromatic N) is 2. The maximum Gasteiger partial charge on any atom is 0.106 e. The molecule has 1 aromatic rings. The van der Waals surface area contributed by atoms with E-state index in [1.807, 2.05) is 0 Å².